The van der Waals surface area contributed by atoms with E-state index in [1.165, 1.54) is 0 Å². The van der Waals surface area contributed by atoms with Gasteiger partial charge in [0.1, 0.15) is 0 Å². The minimum Gasteiger partial charge on any atom is -0.396 e. The summed E-state index contributed by atoms with van der Waals surface area (Å²) in [5.74, 6) is 0. The van der Waals surface area contributed by atoms with Crippen molar-refractivity contribution in [1.29, 1.82) is 0 Å². The topological polar surface area (TPSA) is 88.3 Å². The van der Waals surface area contributed by atoms with Crippen LogP contribution in [0.2, 0.25) is 0 Å². The molecule has 0 unspecified atom stereocenters. The highest BCUT2D eigenvalue weighted by molar-refractivity contribution is 5.47. The summed E-state index contributed by atoms with van der Waals surface area (Å²) in [6.45, 7) is 5.02. The van der Waals surface area contributed by atoms with Crippen LogP contribution >= 0.6 is 0 Å². The molecule has 1 rings (SSSR count). The predicted octanol–water partition coefficient (Wildman–Crippen LogP) is 1.86. The Kier molecular flexibility index (Phi) is 6.38. The molecule has 0 bridgehead atoms. The number of nitro groups is 1. The van der Waals surface area contributed by atoms with E-state index in [2.05, 4.69) is 10.3 Å². The smallest absolute Gasteiger partial charge is 0.278 e. The number of aliphatic hydroxyl groups excluding tert-OH is 1. The molecule has 6 heteroatoms. The van der Waals surface area contributed by atoms with Gasteiger partial charge in [-0.2, -0.15) is 0 Å². The molecule has 0 amide bonds. The Morgan fingerprint density at radius 1 is 1.37 bits per heavy atom. The van der Waals surface area contributed by atoms with Crippen molar-refractivity contribution < 1.29 is 10.0 Å². The Labute approximate surface area is 113 Å². The van der Waals surface area contributed by atoms with E-state index in [4.69, 9.17) is 5.11 Å². The molecule has 19 heavy (non-hydrogen) atoms. The van der Waals surface area contributed by atoms with Gasteiger partial charge < -0.3 is 10.4 Å². The fraction of sp³-hybridized carbons (Fsp3) is 0.615. The van der Waals surface area contributed by atoms with Crippen LogP contribution in [-0.2, 0) is 6.54 Å². The van der Waals surface area contributed by atoms with Gasteiger partial charge in [0.05, 0.1) is 10.6 Å². The molecule has 2 N–H and O–H groups in total. The largest absolute Gasteiger partial charge is 0.396 e. The molecule has 0 saturated heterocycles. The van der Waals surface area contributed by atoms with E-state index >= 15 is 0 Å². The molecule has 0 radical (unpaired) electrons. The zero-order valence-corrected chi connectivity index (χ0v) is 11.5. The molecule has 0 aliphatic rings. The van der Waals surface area contributed by atoms with Crippen LogP contribution in [-0.4, -0.2) is 28.2 Å². The fourth-order valence-corrected chi connectivity index (χ4v) is 1.97. The van der Waals surface area contributed by atoms with Crippen LogP contribution < -0.4 is 5.32 Å². The van der Waals surface area contributed by atoms with Gasteiger partial charge in [-0.05, 0) is 39.7 Å². The second kappa shape index (κ2) is 7.81. The second-order valence-electron chi connectivity index (χ2n) is 4.58. The highest BCUT2D eigenvalue weighted by Crippen LogP contribution is 2.23. The van der Waals surface area contributed by atoms with Gasteiger partial charge in [0.15, 0.2) is 0 Å². The summed E-state index contributed by atoms with van der Waals surface area (Å²) in [5, 5.41) is 22.8. The SMILES string of the molecule is Cc1cnc(CNCCCCCO)c(C)c1[N+](=O)[O-]. The molecule has 106 valence electrons. The molecule has 6 nitrogen and oxygen atoms in total. The summed E-state index contributed by atoms with van der Waals surface area (Å²) in [4.78, 5) is 14.9. The number of hydrogen-bond donors (Lipinski definition) is 2. The summed E-state index contributed by atoms with van der Waals surface area (Å²) in [6, 6.07) is 0. The van der Waals surface area contributed by atoms with Crippen LogP contribution in [0.15, 0.2) is 6.20 Å². The second-order valence-corrected chi connectivity index (χ2v) is 4.58. The van der Waals surface area contributed by atoms with Gasteiger partial charge in [-0.3, -0.25) is 15.1 Å². The minimum atomic E-state index is -0.350. The molecule has 0 saturated carbocycles. The Morgan fingerprint density at radius 3 is 2.74 bits per heavy atom. The fourth-order valence-electron chi connectivity index (χ4n) is 1.97. The first kappa shape index (κ1) is 15.5. The molecule has 0 fully saturated rings. The van der Waals surface area contributed by atoms with E-state index < -0.39 is 0 Å². The normalized spacial score (nSPS) is 10.7. The number of aryl methyl sites for hydroxylation is 1. The van der Waals surface area contributed by atoms with E-state index in [1.807, 2.05) is 0 Å². The lowest BCUT2D eigenvalue weighted by Gasteiger charge is -2.08. The van der Waals surface area contributed by atoms with E-state index in [0.29, 0.717) is 17.7 Å². The van der Waals surface area contributed by atoms with Crippen molar-refractivity contribution in [3.05, 3.63) is 33.1 Å². The Morgan fingerprint density at radius 2 is 2.11 bits per heavy atom. The summed E-state index contributed by atoms with van der Waals surface area (Å²) >= 11 is 0. The van der Waals surface area contributed by atoms with Crippen LogP contribution in [0.3, 0.4) is 0 Å². The van der Waals surface area contributed by atoms with Crippen LogP contribution in [0, 0.1) is 24.0 Å². The maximum absolute atomic E-state index is 11.0. The monoisotopic (exact) mass is 267 g/mol. The summed E-state index contributed by atoms with van der Waals surface area (Å²) < 4.78 is 0. The van der Waals surface area contributed by atoms with Crippen molar-refractivity contribution in [3.8, 4) is 0 Å². The zero-order chi connectivity index (χ0) is 14.3. The Bertz CT molecular complexity index is 435. The van der Waals surface area contributed by atoms with Gasteiger partial charge in [0, 0.05) is 30.5 Å². The Hall–Kier alpha value is -1.53. The lowest BCUT2D eigenvalue weighted by atomic mass is 10.1. The number of nitrogens with zero attached hydrogens (tertiary/aromatic N) is 2. The third-order valence-corrected chi connectivity index (χ3v) is 3.06. The first-order valence-corrected chi connectivity index (χ1v) is 6.49. The maximum Gasteiger partial charge on any atom is 0.278 e. The quantitative estimate of drug-likeness (QED) is 0.426. The van der Waals surface area contributed by atoms with Crippen molar-refractivity contribution in [3.63, 3.8) is 0 Å². The molecule has 1 aromatic heterocycles. The number of hydrogen-bond acceptors (Lipinski definition) is 5. The number of pyridine rings is 1. The standard InChI is InChI=1S/C13H21N3O3/c1-10-8-15-12(11(2)13(10)16(18)19)9-14-6-4-3-5-7-17/h8,14,17H,3-7,9H2,1-2H3. The van der Waals surface area contributed by atoms with Gasteiger partial charge in [-0.25, -0.2) is 0 Å². The Balaban J connectivity index is 2.55. The molecule has 1 aromatic rings. The van der Waals surface area contributed by atoms with E-state index in [1.54, 1.807) is 20.0 Å². The minimum absolute atomic E-state index is 0.159. The number of nitrogens with one attached hydrogen (secondary N) is 1. The molecule has 0 spiro atoms. The number of aromatic nitrogens is 1. The van der Waals surface area contributed by atoms with Crippen molar-refractivity contribution in [2.75, 3.05) is 13.2 Å². The first-order valence-electron chi connectivity index (χ1n) is 6.49. The molecule has 0 aliphatic carbocycles. The van der Waals surface area contributed by atoms with E-state index in [9.17, 15) is 10.1 Å². The predicted molar refractivity (Wildman–Crippen MR) is 73.0 cm³/mol. The summed E-state index contributed by atoms with van der Waals surface area (Å²) in [6.07, 6.45) is 4.32. The van der Waals surface area contributed by atoms with Crippen molar-refractivity contribution in [1.82, 2.24) is 10.3 Å². The van der Waals surface area contributed by atoms with Crippen molar-refractivity contribution in [2.24, 2.45) is 0 Å². The van der Waals surface area contributed by atoms with Gasteiger partial charge in [-0.1, -0.05) is 0 Å². The highest BCUT2D eigenvalue weighted by Gasteiger charge is 2.18. The van der Waals surface area contributed by atoms with Crippen LogP contribution in [0.1, 0.15) is 36.1 Å². The third kappa shape index (κ3) is 4.57. The number of aliphatic hydroxyl groups is 1. The average molecular weight is 267 g/mol. The van der Waals surface area contributed by atoms with Crippen molar-refractivity contribution >= 4 is 5.69 Å². The molecule has 0 aromatic carbocycles. The van der Waals surface area contributed by atoms with Gasteiger partial charge in [-0.15, -0.1) is 0 Å². The first-order chi connectivity index (χ1) is 9.07. The summed E-state index contributed by atoms with van der Waals surface area (Å²) in [7, 11) is 0. The van der Waals surface area contributed by atoms with Crippen LogP contribution in [0.25, 0.3) is 0 Å². The van der Waals surface area contributed by atoms with Gasteiger partial charge >= 0.3 is 0 Å². The van der Waals surface area contributed by atoms with Crippen molar-refractivity contribution in [2.45, 2.75) is 39.7 Å². The van der Waals surface area contributed by atoms with E-state index in [-0.39, 0.29) is 17.2 Å². The molecule has 0 atom stereocenters. The van der Waals surface area contributed by atoms with Crippen LogP contribution in [0.4, 0.5) is 5.69 Å². The number of rotatable bonds is 8. The molecular weight excluding hydrogens is 246 g/mol. The highest BCUT2D eigenvalue weighted by atomic mass is 16.6. The molecule has 0 aliphatic heterocycles. The average Bonchev–Trinajstić information content (AvgIpc) is 2.35. The lowest BCUT2D eigenvalue weighted by molar-refractivity contribution is -0.386. The maximum atomic E-state index is 11.0. The third-order valence-electron chi connectivity index (χ3n) is 3.06. The van der Waals surface area contributed by atoms with Crippen LogP contribution in [0.5, 0.6) is 0 Å². The summed E-state index contributed by atoms with van der Waals surface area (Å²) in [5.41, 5.74) is 2.11. The van der Waals surface area contributed by atoms with E-state index in [0.717, 1.165) is 31.5 Å². The zero-order valence-electron chi connectivity index (χ0n) is 11.5. The van der Waals surface area contributed by atoms with Gasteiger partial charge in [0.25, 0.3) is 5.69 Å². The lowest BCUT2D eigenvalue weighted by Crippen LogP contribution is -2.17. The number of unbranched alkanes of at least 4 members (excludes halogenated alkanes) is 2. The van der Waals surface area contributed by atoms with Gasteiger partial charge in [0.2, 0.25) is 0 Å². The molecule has 1 heterocycles. The molecular formula is C13H21N3O3.